The molecule has 3 nitrogen and oxygen atoms in total. The molecule has 2 aromatic rings. The Labute approximate surface area is 128 Å². The van der Waals surface area contributed by atoms with Crippen molar-refractivity contribution in [2.45, 2.75) is 6.42 Å². The van der Waals surface area contributed by atoms with Crippen molar-refractivity contribution in [2.75, 3.05) is 18.9 Å². The summed E-state index contributed by atoms with van der Waals surface area (Å²) < 4.78 is 13.7. The summed E-state index contributed by atoms with van der Waals surface area (Å²) in [5.74, 6) is -0.883. The third-order valence-corrected chi connectivity index (χ3v) is 3.32. The molecule has 1 amide bonds. The zero-order chi connectivity index (χ0) is 15.2. The van der Waals surface area contributed by atoms with E-state index in [9.17, 15) is 9.18 Å². The molecule has 110 valence electrons. The monoisotopic (exact) mass is 306 g/mol. The van der Waals surface area contributed by atoms with Crippen LogP contribution in [0.5, 0.6) is 0 Å². The number of nitrogens with one attached hydrogen (secondary N) is 2. The Bertz CT molecular complexity index is 646. The van der Waals surface area contributed by atoms with Gasteiger partial charge in [-0.2, -0.15) is 0 Å². The van der Waals surface area contributed by atoms with Crippen molar-refractivity contribution in [2.24, 2.45) is 0 Å². The van der Waals surface area contributed by atoms with E-state index >= 15 is 0 Å². The zero-order valence-corrected chi connectivity index (χ0v) is 12.4. The van der Waals surface area contributed by atoms with Gasteiger partial charge in [0.1, 0.15) is 5.82 Å². The van der Waals surface area contributed by atoms with Crippen LogP contribution in [0.4, 0.5) is 10.1 Å². The van der Waals surface area contributed by atoms with E-state index in [0.717, 1.165) is 18.5 Å². The van der Waals surface area contributed by atoms with Gasteiger partial charge < -0.3 is 10.6 Å². The summed E-state index contributed by atoms with van der Waals surface area (Å²) >= 11 is 5.69. The predicted octanol–water partition coefficient (Wildman–Crippen LogP) is 3.49. The average Bonchev–Trinajstić information content (AvgIpc) is 2.48. The van der Waals surface area contributed by atoms with E-state index in [-0.39, 0.29) is 11.6 Å². The first-order valence-corrected chi connectivity index (χ1v) is 6.98. The molecular formula is C16H16ClFN2O. The molecule has 5 heteroatoms. The second-order valence-corrected chi connectivity index (χ2v) is 5.03. The van der Waals surface area contributed by atoms with Gasteiger partial charge in [-0.15, -0.1) is 0 Å². The molecular weight excluding hydrogens is 291 g/mol. The van der Waals surface area contributed by atoms with Crippen molar-refractivity contribution in [3.05, 3.63) is 64.4 Å². The highest BCUT2D eigenvalue weighted by molar-refractivity contribution is 6.30. The van der Waals surface area contributed by atoms with Gasteiger partial charge in [0, 0.05) is 10.6 Å². The summed E-state index contributed by atoms with van der Waals surface area (Å²) in [7, 11) is 1.85. The normalized spacial score (nSPS) is 10.4. The summed E-state index contributed by atoms with van der Waals surface area (Å²) in [5.41, 5.74) is 1.58. The van der Waals surface area contributed by atoms with Gasteiger partial charge >= 0.3 is 0 Å². The van der Waals surface area contributed by atoms with Crippen molar-refractivity contribution < 1.29 is 9.18 Å². The fraction of sp³-hybridized carbons (Fsp3) is 0.188. The van der Waals surface area contributed by atoms with Crippen molar-refractivity contribution >= 4 is 23.2 Å². The molecule has 0 atom stereocenters. The zero-order valence-electron chi connectivity index (χ0n) is 11.6. The Kier molecular flexibility index (Phi) is 5.31. The first-order valence-electron chi connectivity index (χ1n) is 6.60. The number of amides is 1. The van der Waals surface area contributed by atoms with Gasteiger partial charge in [0.2, 0.25) is 0 Å². The third kappa shape index (κ3) is 4.03. The van der Waals surface area contributed by atoms with Crippen LogP contribution in [-0.2, 0) is 6.42 Å². The van der Waals surface area contributed by atoms with E-state index < -0.39 is 5.82 Å². The highest BCUT2D eigenvalue weighted by Gasteiger charge is 2.13. The molecule has 0 aliphatic rings. The number of anilines is 1. The Hall–Kier alpha value is -1.91. The maximum absolute atomic E-state index is 13.7. The number of rotatable bonds is 5. The molecule has 0 saturated heterocycles. The van der Waals surface area contributed by atoms with Crippen molar-refractivity contribution in [3.63, 3.8) is 0 Å². The molecule has 0 aromatic heterocycles. The quantitative estimate of drug-likeness (QED) is 0.888. The fourth-order valence-electron chi connectivity index (χ4n) is 2.00. The van der Waals surface area contributed by atoms with Crippen LogP contribution in [-0.4, -0.2) is 19.5 Å². The van der Waals surface area contributed by atoms with Crippen LogP contribution >= 0.6 is 11.6 Å². The lowest BCUT2D eigenvalue weighted by Crippen LogP contribution is -2.17. The van der Waals surface area contributed by atoms with Gasteiger partial charge in [-0.3, -0.25) is 4.79 Å². The van der Waals surface area contributed by atoms with Crippen LogP contribution in [0.1, 0.15) is 15.9 Å². The Morgan fingerprint density at radius 1 is 1.24 bits per heavy atom. The molecule has 0 spiro atoms. The maximum Gasteiger partial charge on any atom is 0.256 e. The summed E-state index contributed by atoms with van der Waals surface area (Å²) in [4.78, 5) is 12.3. The Morgan fingerprint density at radius 2 is 2.00 bits per heavy atom. The average molecular weight is 307 g/mol. The molecule has 2 rings (SSSR count). The molecule has 0 aliphatic carbocycles. The van der Waals surface area contributed by atoms with E-state index in [1.54, 1.807) is 12.1 Å². The minimum Gasteiger partial charge on any atom is -0.319 e. The van der Waals surface area contributed by atoms with Crippen LogP contribution in [0.15, 0.2) is 42.5 Å². The minimum absolute atomic E-state index is 0.118. The molecule has 2 aromatic carbocycles. The minimum atomic E-state index is -0.552. The van der Waals surface area contributed by atoms with Crippen LogP contribution in [0.3, 0.4) is 0 Å². The summed E-state index contributed by atoms with van der Waals surface area (Å²) in [6, 6.07) is 11.4. The Morgan fingerprint density at radius 3 is 2.71 bits per heavy atom. The highest BCUT2D eigenvalue weighted by Crippen LogP contribution is 2.20. The molecule has 0 aliphatic heterocycles. The van der Waals surface area contributed by atoms with Gasteiger partial charge in [-0.05, 0) is 49.8 Å². The largest absolute Gasteiger partial charge is 0.319 e. The van der Waals surface area contributed by atoms with Crippen molar-refractivity contribution in [3.8, 4) is 0 Å². The molecule has 0 fully saturated rings. The molecule has 21 heavy (non-hydrogen) atoms. The third-order valence-electron chi connectivity index (χ3n) is 3.09. The van der Waals surface area contributed by atoms with E-state index in [4.69, 9.17) is 11.6 Å². The fourth-order valence-corrected chi connectivity index (χ4v) is 2.16. The lowest BCUT2D eigenvalue weighted by molar-refractivity contribution is 0.102. The van der Waals surface area contributed by atoms with Gasteiger partial charge in [-0.25, -0.2) is 4.39 Å². The van der Waals surface area contributed by atoms with Gasteiger partial charge in [-0.1, -0.05) is 29.8 Å². The maximum atomic E-state index is 13.7. The van der Waals surface area contributed by atoms with Crippen LogP contribution in [0, 0.1) is 5.82 Å². The number of halogens is 2. The van der Waals surface area contributed by atoms with E-state index in [1.807, 2.05) is 19.2 Å². The molecule has 0 bridgehead atoms. The standard InChI is InChI=1S/C16H16ClFN2O/c1-19-9-8-11-4-2-3-5-13(11)16(21)20-15-7-6-12(17)10-14(15)18/h2-7,10,19H,8-9H2,1H3,(H,20,21). The number of benzene rings is 2. The molecule has 0 radical (unpaired) electrons. The lowest BCUT2D eigenvalue weighted by atomic mass is 10.0. The van der Waals surface area contributed by atoms with Gasteiger partial charge in [0.05, 0.1) is 5.69 Å². The van der Waals surface area contributed by atoms with Crippen LogP contribution < -0.4 is 10.6 Å². The molecule has 0 unspecified atom stereocenters. The van der Waals surface area contributed by atoms with Crippen molar-refractivity contribution in [1.82, 2.24) is 5.32 Å². The summed E-state index contributed by atoms with van der Waals surface area (Å²) in [5, 5.41) is 5.91. The second-order valence-electron chi connectivity index (χ2n) is 4.59. The molecule has 2 N–H and O–H groups in total. The lowest BCUT2D eigenvalue weighted by Gasteiger charge is -2.11. The number of carbonyl (C=O) groups is 1. The first kappa shape index (κ1) is 15.5. The van der Waals surface area contributed by atoms with Crippen molar-refractivity contribution in [1.29, 1.82) is 0 Å². The molecule has 0 saturated carbocycles. The first-order chi connectivity index (χ1) is 10.1. The number of likely N-dealkylation sites (N-methyl/N-ethyl adjacent to an activating group) is 1. The number of carbonyl (C=O) groups excluding carboxylic acids is 1. The van der Waals surface area contributed by atoms with Gasteiger partial charge in [0.15, 0.2) is 0 Å². The van der Waals surface area contributed by atoms with Gasteiger partial charge in [0.25, 0.3) is 5.91 Å². The van der Waals surface area contributed by atoms with E-state index in [2.05, 4.69) is 10.6 Å². The van der Waals surface area contributed by atoms with Crippen LogP contribution in [0.2, 0.25) is 5.02 Å². The van der Waals surface area contributed by atoms with E-state index in [1.165, 1.54) is 18.2 Å². The summed E-state index contributed by atoms with van der Waals surface area (Å²) in [6.07, 6.45) is 0.725. The number of hydrogen-bond donors (Lipinski definition) is 2. The highest BCUT2D eigenvalue weighted by atomic mass is 35.5. The predicted molar refractivity (Wildman–Crippen MR) is 83.4 cm³/mol. The van der Waals surface area contributed by atoms with Crippen LogP contribution in [0.25, 0.3) is 0 Å². The van der Waals surface area contributed by atoms with E-state index in [0.29, 0.717) is 10.6 Å². The summed E-state index contributed by atoms with van der Waals surface area (Å²) in [6.45, 7) is 0.763. The second kappa shape index (κ2) is 7.20. The SMILES string of the molecule is CNCCc1ccccc1C(=O)Nc1ccc(Cl)cc1F. The Balaban J connectivity index is 2.20. The smallest absolute Gasteiger partial charge is 0.256 e. The number of hydrogen-bond acceptors (Lipinski definition) is 2. The molecule has 0 heterocycles. The topological polar surface area (TPSA) is 41.1 Å².